The molecule has 3 nitrogen and oxygen atoms in total. The lowest BCUT2D eigenvalue weighted by molar-refractivity contribution is -0.159. The number of rotatable bonds is 3. The predicted molar refractivity (Wildman–Crippen MR) is 69.9 cm³/mol. The zero-order valence-electron chi connectivity index (χ0n) is 12.2. The Bertz CT molecular complexity index is 266. The van der Waals surface area contributed by atoms with Crippen molar-refractivity contribution < 1.29 is 9.53 Å². The lowest BCUT2D eigenvalue weighted by Gasteiger charge is -2.54. The molecule has 1 aliphatic heterocycles. The van der Waals surface area contributed by atoms with Crippen LogP contribution in [-0.4, -0.2) is 34.6 Å². The number of hydrogen-bond acceptors (Lipinski definition) is 3. The second-order valence-corrected chi connectivity index (χ2v) is 6.24. The van der Waals surface area contributed by atoms with Gasteiger partial charge in [0.25, 0.3) is 0 Å². The molecule has 0 aliphatic carbocycles. The van der Waals surface area contributed by atoms with Gasteiger partial charge in [0.05, 0.1) is 0 Å². The van der Waals surface area contributed by atoms with E-state index in [0.29, 0.717) is 6.42 Å². The lowest BCUT2D eigenvalue weighted by Crippen LogP contribution is -2.62. The van der Waals surface area contributed by atoms with Gasteiger partial charge < -0.3 is 4.74 Å². The molecule has 1 heterocycles. The Kier molecular flexibility index (Phi) is 4.23. The third-order valence-electron chi connectivity index (χ3n) is 3.82. The van der Waals surface area contributed by atoms with Crippen LogP contribution in [-0.2, 0) is 9.53 Å². The second kappa shape index (κ2) is 4.97. The Morgan fingerprint density at radius 1 is 1.18 bits per heavy atom. The summed E-state index contributed by atoms with van der Waals surface area (Å²) in [6, 6.07) is 0. The minimum Gasteiger partial charge on any atom is -0.462 e. The number of carbonyl (C=O) groups is 1. The van der Waals surface area contributed by atoms with E-state index in [9.17, 15) is 4.79 Å². The van der Waals surface area contributed by atoms with Gasteiger partial charge in [-0.15, -0.1) is 0 Å². The molecule has 1 rings (SSSR count). The largest absolute Gasteiger partial charge is 0.462 e. The first-order valence-electron chi connectivity index (χ1n) is 6.70. The second-order valence-electron chi connectivity index (χ2n) is 6.24. The van der Waals surface area contributed by atoms with E-state index in [0.717, 1.165) is 19.4 Å². The van der Waals surface area contributed by atoms with Gasteiger partial charge in [-0.3, -0.25) is 9.69 Å². The zero-order chi connectivity index (χ0) is 13.3. The third-order valence-corrected chi connectivity index (χ3v) is 3.82. The summed E-state index contributed by atoms with van der Waals surface area (Å²) in [5.74, 6) is -0.0773. The maximum atomic E-state index is 11.4. The van der Waals surface area contributed by atoms with E-state index in [2.05, 4.69) is 39.5 Å². The molecular formula is C14H27NO2. The summed E-state index contributed by atoms with van der Waals surface area (Å²) >= 11 is 0. The summed E-state index contributed by atoms with van der Waals surface area (Å²) < 4.78 is 5.54. The van der Waals surface area contributed by atoms with Gasteiger partial charge in [-0.1, -0.05) is 13.8 Å². The fourth-order valence-electron chi connectivity index (χ4n) is 3.43. The highest BCUT2D eigenvalue weighted by atomic mass is 16.5. The molecule has 17 heavy (non-hydrogen) atoms. The third kappa shape index (κ3) is 3.21. The molecule has 0 bridgehead atoms. The van der Waals surface area contributed by atoms with Crippen molar-refractivity contribution in [2.45, 2.75) is 78.0 Å². The van der Waals surface area contributed by atoms with Crippen molar-refractivity contribution in [2.75, 3.05) is 6.54 Å². The first-order valence-corrected chi connectivity index (χ1v) is 6.70. The molecule has 0 unspecified atom stereocenters. The standard InChI is InChI=1S/C14H27NO2/c1-7-12(16)17-11-9-13(3,4)15(8-2)14(5,6)10-11/h11H,7-10H2,1-6H3. The van der Waals surface area contributed by atoms with Gasteiger partial charge in [-0.2, -0.15) is 0 Å². The van der Waals surface area contributed by atoms with Crippen molar-refractivity contribution in [1.82, 2.24) is 4.90 Å². The predicted octanol–water partition coefficient (Wildman–Crippen LogP) is 2.98. The van der Waals surface area contributed by atoms with Gasteiger partial charge in [-0.05, 0) is 34.2 Å². The van der Waals surface area contributed by atoms with Crippen molar-refractivity contribution in [3.63, 3.8) is 0 Å². The average Bonchev–Trinajstić information content (AvgIpc) is 2.14. The Labute approximate surface area is 106 Å². The van der Waals surface area contributed by atoms with Crippen LogP contribution in [0.15, 0.2) is 0 Å². The molecule has 0 aromatic rings. The van der Waals surface area contributed by atoms with Gasteiger partial charge in [0.1, 0.15) is 6.10 Å². The summed E-state index contributed by atoms with van der Waals surface area (Å²) in [5.41, 5.74) is 0.185. The molecule has 100 valence electrons. The van der Waals surface area contributed by atoms with Crippen LogP contribution in [0, 0.1) is 0 Å². The molecule has 0 aromatic carbocycles. The SMILES string of the molecule is CCC(=O)OC1CC(C)(C)N(CC)C(C)(C)C1. The first kappa shape index (κ1) is 14.5. The highest BCUT2D eigenvalue weighted by Gasteiger charge is 2.45. The molecule has 0 aromatic heterocycles. The summed E-state index contributed by atoms with van der Waals surface area (Å²) in [5, 5.41) is 0. The van der Waals surface area contributed by atoms with E-state index in [1.165, 1.54) is 0 Å². The molecule has 0 radical (unpaired) electrons. The van der Waals surface area contributed by atoms with E-state index in [-0.39, 0.29) is 23.2 Å². The molecule has 1 fully saturated rings. The van der Waals surface area contributed by atoms with Crippen LogP contribution < -0.4 is 0 Å². The number of carbonyl (C=O) groups excluding carboxylic acids is 1. The van der Waals surface area contributed by atoms with E-state index >= 15 is 0 Å². The van der Waals surface area contributed by atoms with Gasteiger partial charge in [0, 0.05) is 30.3 Å². The normalized spacial score (nSPS) is 24.6. The average molecular weight is 241 g/mol. The highest BCUT2D eigenvalue weighted by Crippen LogP contribution is 2.39. The van der Waals surface area contributed by atoms with Crippen LogP contribution >= 0.6 is 0 Å². The fourth-order valence-corrected chi connectivity index (χ4v) is 3.43. The Morgan fingerprint density at radius 2 is 1.65 bits per heavy atom. The van der Waals surface area contributed by atoms with Gasteiger partial charge in [0.2, 0.25) is 0 Å². The molecular weight excluding hydrogens is 214 g/mol. The molecule has 0 amide bonds. The Hall–Kier alpha value is -0.570. The van der Waals surface area contributed by atoms with E-state index in [1.807, 2.05) is 6.92 Å². The first-order chi connectivity index (χ1) is 7.73. The van der Waals surface area contributed by atoms with E-state index < -0.39 is 0 Å². The lowest BCUT2D eigenvalue weighted by atomic mass is 9.78. The Balaban J connectivity index is 2.80. The molecule has 1 saturated heterocycles. The summed E-state index contributed by atoms with van der Waals surface area (Å²) in [6.45, 7) is 14.0. The van der Waals surface area contributed by atoms with Crippen molar-refractivity contribution in [1.29, 1.82) is 0 Å². The van der Waals surface area contributed by atoms with Crippen molar-refractivity contribution in [3.05, 3.63) is 0 Å². The van der Waals surface area contributed by atoms with Crippen LogP contribution in [0.2, 0.25) is 0 Å². The van der Waals surface area contributed by atoms with Crippen LogP contribution in [0.25, 0.3) is 0 Å². The van der Waals surface area contributed by atoms with Gasteiger partial charge in [-0.25, -0.2) is 0 Å². The van der Waals surface area contributed by atoms with Crippen LogP contribution in [0.5, 0.6) is 0 Å². The number of nitrogens with zero attached hydrogens (tertiary/aromatic N) is 1. The summed E-state index contributed by atoms with van der Waals surface area (Å²) in [6.07, 6.45) is 2.39. The number of esters is 1. The topological polar surface area (TPSA) is 29.5 Å². The number of piperidine rings is 1. The van der Waals surface area contributed by atoms with Crippen LogP contribution in [0.4, 0.5) is 0 Å². The van der Waals surface area contributed by atoms with Crippen molar-refractivity contribution in [3.8, 4) is 0 Å². The quantitative estimate of drug-likeness (QED) is 0.711. The summed E-state index contributed by atoms with van der Waals surface area (Å²) in [7, 11) is 0. The van der Waals surface area contributed by atoms with Crippen molar-refractivity contribution in [2.24, 2.45) is 0 Å². The number of likely N-dealkylation sites (tertiary alicyclic amines) is 1. The maximum Gasteiger partial charge on any atom is 0.305 e. The minimum absolute atomic E-state index is 0.0650. The highest BCUT2D eigenvalue weighted by molar-refractivity contribution is 5.69. The monoisotopic (exact) mass is 241 g/mol. The molecule has 0 N–H and O–H groups in total. The minimum atomic E-state index is -0.0773. The molecule has 0 spiro atoms. The zero-order valence-corrected chi connectivity index (χ0v) is 12.2. The van der Waals surface area contributed by atoms with Crippen LogP contribution in [0.3, 0.4) is 0 Å². The smallest absolute Gasteiger partial charge is 0.305 e. The molecule has 0 atom stereocenters. The number of ether oxygens (including phenoxy) is 1. The summed E-state index contributed by atoms with van der Waals surface area (Å²) in [4.78, 5) is 13.9. The van der Waals surface area contributed by atoms with E-state index in [4.69, 9.17) is 4.74 Å². The number of hydrogen-bond donors (Lipinski definition) is 0. The van der Waals surface area contributed by atoms with Crippen molar-refractivity contribution >= 4 is 5.97 Å². The van der Waals surface area contributed by atoms with E-state index in [1.54, 1.807) is 0 Å². The molecule has 3 heteroatoms. The van der Waals surface area contributed by atoms with Gasteiger partial charge in [0.15, 0.2) is 0 Å². The Morgan fingerprint density at radius 3 is 2.00 bits per heavy atom. The molecule has 0 saturated carbocycles. The van der Waals surface area contributed by atoms with Gasteiger partial charge >= 0.3 is 5.97 Å². The fraction of sp³-hybridized carbons (Fsp3) is 0.929. The molecule has 1 aliphatic rings. The maximum absolute atomic E-state index is 11.4. The van der Waals surface area contributed by atoms with Crippen LogP contribution in [0.1, 0.15) is 60.8 Å².